The zero-order chi connectivity index (χ0) is 16.5. The minimum Gasteiger partial charge on any atom is -0.439 e. The van der Waals surface area contributed by atoms with Crippen LogP contribution in [0.4, 0.5) is 4.79 Å². The molecule has 0 spiro atoms. The van der Waals surface area contributed by atoms with E-state index in [9.17, 15) is 9.59 Å². The Morgan fingerprint density at radius 3 is 2.48 bits per heavy atom. The fourth-order valence-corrected chi connectivity index (χ4v) is 1.78. The van der Waals surface area contributed by atoms with Gasteiger partial charge in [0.25, 0.3) is 5.91 Å². The van der Waals surface area contributed by atoms with E-state index in [-0.39, 0.29) is 12.5 Å². The van der Waals surface area contributed by atoms with Gasteiger partial charge in [-0.15, -0.1) is 0 Å². The number of likely N-dealkylation sites (N-methyl/N-ethyl adjacent to an activating group) is 1. The second kappa shape index (κ2) is 8.47. The minimum absolute atomic E-state index is 0.294. The lowest BCUT2D eigenvalue weighted by Crippen LogP contribution is -2.31. The summed E-state index contributed by atoms with van der Waals surface area (Å²) in [7, 11) is 1.47. The average molecular weight is 314 g/mol. The van der Waals surface area contributed by atoms with Crippen molar-refractivity contribution in [2.24, 2.45) is 0 Å². The van der Waals surface area contributed by atoms with Crippen LogP contribution >= 0.6 is 0 Å². The largest absolute Gasteiger partial charge is 0.439 e. The molecular weight excluding hydrogens is 296 g/mol. The first-order valence-corrected chi connectivity index (χ1v) is 7.16. The average Bonchev–Trinajstić information content (AvgIpc) is 2.61. The van der Waals surface area contributed by atoms with E-state index in [1.165, 1.54) is 7.05 Å². The maximum Gasteiger partial charge on any atom is 0.407 e. The standard InChI is InChI=1S/C16H18N4O3/c1-17-14(21)11-23-16(22)18-8-7-12-9-19-15(20-10-12)13-5-3-2-4-6-13/h2-6,9-10H,7-8,11H2,1H3,(H,17,21)(H,18,22). The van der Waals surface area contributed by atoms with Crippen LogP contribution in [0.1, 0.15) is 5.56 Å². The fraction of sp³-hybridized carbons (Fsp3) is 0.250. The summed E-state index contributed by atoms with van der Waals surface area (Å²) in [6.07, 6.45) is 3.40. The van der Waals surface area contributed by atoms with Crippen LogP contribution in [0, 0.1) is 0 Å². The van der Waals surface area contributed by atoms with Gasteiger partial charge in [0.1, 0.15) is 0 Å². The highest BCUT2D eigenvalue weighted by Gasteiger charge is 2.05. The minimum atomic E-state index is -0.629. The molecule has 0 atom stereocenters. The SMILES string of the molecule is CNC(=O)COC(=O)NCCc1cnc(-c2ccccc2)nc1. The van der Waals surface area contributed by atoms with Gasteiger partial charge in [0.15, 0.2) is 12.4 Å². The lowest BCUT2D eigenvalue weighted by molar-refractivity contribution is -0.123. The van der Waals surface area contributed by atoms with Gasteiger partial charge in [-0.05, 0) is 12.0 Å². The number of nitrogens with zero attached hydrogens (tertiary/aromatic N) is 2. The zero-order valence-corrected chi connectivity index (χ0v) is 12.8. The second-order valence-corrected chi connectivity index (χ2v) is 4.71. The van der Waals surface area contributed by atoms with Crippen molar-refractivity contribution < 1.29 is 14.3 Å². The highest BCUT2D eigenvalue weighted by molar-refractivity contribution is 5.79. The third-order valence-corrected chi connectivity index (χ3v) is 3.03. The number of rotatable bonds is 6. The molecule has 0 aliphatic carbocycles. The van der Waals surface area contributed by atoms with Gasteiger partial charge in [0.2, 0.25) is 0 Å². The van der Waals surface area contributed by atoms with Crippen molar-refractivity contribution in [1.29, 1.82) is 0 Å². The topological polar surface area (TPSA) is 93.2 Å². The molecule has 0 fully saturated rings. The Labute approximate surface area is 134 Å². The second-order valence-electron chi connectivity index (χ2n) is 4.71. The molecule has 0 bridgehead atoms. The van der Waals surface area contributed by atoms with Gasteiger partial charge in [-0.3, -0.25) is 4.79 Å². The third-order valence-electron chi connectivity index (χ3n) is 3.03. The monoisotopic (exact) mass is 314 g/mol. The van der Waals surface area contributed by atoms with Gasteiger partial charge in [-0.25, -0.2) is 14.8 Å². The molecule has 2 amide bonds. The molecule has 0 aliphatic heterocycles. The Morgan fingerprint density at radius 1 is 1.13 bits per heavy atom. The third kappa shape index (κ3) is 5.39. The first-order valence-electron chi connectivity index (χ1n) is 7.16. The van der Waals surface area contributed by atoms with E-state index in [0.717, 1.165) is 11.1 Å². The number of aromatic nitrogens is 2. The molecule has 1 aromatic carbocycles. The zero-order valence-electron chi connectivity index (χ0n) is 12.8. The molecule has 120 valence electrons. The van der Waals surface area contributed by atoms with Crippen molar-refractivity contribution in [2.75, 3.05) is 20.2 Å². The van der Waals surface area contributed by atoms with Crippen LogP contribution in [0.2, 0.25) is 0 Å². The summed E-state index contributed by atoms with van der Waals surface area (Å²) >= 11 is 0. The van der Waals surface area contributed by atoms with Gasteiger partial charge >= 0.3 is 6.09 Å². The van der Waals surface area contributed by atoms with E-state index >= 15 is 0 Å². The predicted octanol–water partition coefficient (Wildman–Crippen LogP) is 1.16. The first-order chi connectivity index (χ1) is 11.2. The fourth-order valence-electron chi connectivity index (χ4n) is 1.78. The lowest BCUT2D eigenvalue weighted by Gasteiger charge is -2.06. The highest BCUT2D eigenvalue weighted by atomic mass is 16.6. The van der Waals surface area contributed by atoms with Gasteiger partial charge in [-0.1, -0.05) is 30.3 Å². The van der Waals surface area contributed by atoms with Crippen molar-refractivity contribution >= 4 is 12.0 Å². The van der Waals surface area contributed by atoms with Crippen molar-refractivity contribution in [3.8, 4) is 11.4 Å². The molecule has 0 saturated carbocycles. The van der Waals surface area contributed by atoms with Crippen molar-refractivity contribution in [1.82, 2.24) is 20.6 Å². The summed E-state index contributed by atoms with van der Waals surface area (Å²) < 4.78 is 4.72. The Bertz CT molecular complexity index is 644. The number of hydrogen-bond donors (Lipinski definition) is 2. The van der Waals surface area contributed by atoms with Crippen LogP contribution in [0.15, 0.2) is 42.7 Å². The van der Waals surface area contributed by atoms with Gasteiger partial charge in [-0.2, -0.15) is 0 Å². The predicted molar refractivity (Wildman–Crippen MR) is 84.6 cm³/mol. The molecule has 2 rings (SSSR count). The van der Waals surface area contributed by atoms with Crippen LogP contribution in [-0.4, -0.2) is 42.2 Å². The van der Waals surface area contributed by atoms with Crippen LogP contribution < -0.4 is 10.6 Å². The Morgan fingerprint density at radius 2 is 1.83 bits per heavy atom. The van der Waals surface area contributed by atoms with E-state index in [0.29, 0.717) is 18.8 Å². The molecule has 7 nitrogen and oxygen atoms in total. The molecular formula is C16H18N4O3. The van der Waals surface area contributed by atoms with Crippen LogP contribution in [-0.2, 0) is 16.0 Å². The van der Waals surface area contributed by atoms with E-state index in [1.807, 2.05) is 30.3 Å². The number of alkyl carbamates (subject to hydrolysis) is 1. The molecule has 23 heavy (non-hydrogen) atoms. The quantitative estimate of drug-likeness (QED) is 0.834. The van der Waals surface area contributed by atoms with E-state index < -0.39 is 6.09 Å². The maximum atomic E-state index is 11.3. The van der Waals surface area contributed by atoms with Crippen LogP contribution in [0.3, 0.4) is 0 Å². The number of benzene rings is 1. The summed E-state index contributed by atoms with van der Waals surface area (Å²) in [5.41, 5.74) is 1.85. The Kier molecular flexibility index (Phi) is 6.05. The Hall–Kier alpha value is -2.96. The molecule has 7 heteroatoms. The van der Waals surface area contributed by atoms with E-state index in [1.54, 1.807) is 12.4 Å². The molecule has 2 N–H and O–H groups in total. The Balaban J connectivity index is 1.76. The summed E-state index contributed by atoms with van der Waals surface area (Å²) in [6.45, 7) is 0.0812. The molecule has 0 saturated heterocycles. The molecule has 0 aliphatic rings. The molecule has 2 aromatic rings. The number of carbonyl (C=O) groups is 2. The van der Waals surface area contributed by atoms with E-state index in [2.05, 4.69) is 20.6 Å². The summed E-state index contributed by atoms with van der Waals surface area (Å²) in [5, 5.41) is 4.92. The van der Waals surface area contributed by atoms with Crippen LogP contribution in [0.5, 0.6) is 0 Å². The lowest BCUT2D eigenvalue weighted by atomic mass is 10.2. The number of carbonyl (C=O) groups excluding carboxylic acids is 2. The summed E-state index contributed by atoms with van der Waals surface area (Å²) in [4.78, 5) is 30.9. The van der Waals surface area contributed by atoms with Crippen molar-refractivity contribution in [3.05, 3.63) is 48.3 Å². The van der Waals surface area contributed by atoms with E-state index in [4.69, 9.17) is 4.74 Å². The summed E-state index contributed by atoms with van der Waals surface area (Å²) in [6, 6.07) is 9.69. The first kappa shape index (κ1) is 16.4. The van der Waals surface area contributed by atoms with Gasteiger partial charge in [0.05, 0.1) is 0 Å². The molecule has 1 heterocycles. The number of ether oxygens (including phenoxy) is 1. The number of hydrogen-bond acceptors (Lipinski definition) is 5. The molecule has 0 unspecified atom stereocenters. The number of nitrogens with one attached hydrogen (secondary N) is 2. The molecule has 0 radical (unpaired) electrons. The van der Waals surface area contributed by atoms with Crippen LogP contribution in [0.25, 0.3) is 11.4 Å². The number of amides is 2. The maximum absolute atomic E-state index is 11.3. The normalized spacial score (nSPS) is 9.96. The summed E-state index contributed by atoms with van der Waals surface area (Å²) in [5.74, 6) is 0.303. The van der Waals surface area contributed by atoms with Gasteiger partial charge < -0.3 is 15.4 Å². The molecule has 1 aromatic heterocycles. The van der Waals surface area contributed by atoms with Crippen molar-refractivity contribution in [3.63, 3.8) is 0 Å². The van der Waals surface area contributed by atoms with Crippen molar-refractivity contribution in [2.45, 2.75) is 6.42 Å². The smallest absolute Gasteiger partial charge is 0.407 e. The highest BCUT2D eigenvalue weighted by Crippen LogP contribution is 2.13. The van der Waals surface area contributed by atoms with Gasteiger partial charge in [0, 0.05) is 31.5 Å².